The van der Waals surface area contributed by atoms with Crippen LogP contribution in [-0.4, -0.2) is 41.9 Å². The van der Waals surface area contributed by atoms with Gasteiger partial charge in [-0.05, 0) is 18.6 Å². The number of nitrogens with two attached hydrogens (primary N) is 2. The van der Waals surface area contributed by atoms with E-state index in [1.54, 1.807) is 31.4 Å². The maximum absolute atomic E-state index is 11.7. The molecule has 0 aliphatic heterocycles. The zero-order chi connectivity index (χ0) is 18.9. The van der Waals surface area contributed by atoms with Crippen LogP contribution in [0.25, 0.3) is 0 Å². The molecule has 0 radical (unpaired) electrons. The van der Waals surface area contributed by atoms with Gasteiger partial charge in [-0.25, -0.2) is 4.98 Å². The van der Waals surface area contributed by atoms with Gasteiger partial charge in [-0.2, -0.15) is 4.98 Å². The molecule has 138 valence electrons. The van der Waals surface area contributed by atoms with Crippen LogP contribution in [0, 0.1) is 0 Å². The number of benzene rings is 1. The van der Waals surface area contributed by atoms with Crippen LogP contribution < -0.4 is 26.8 Å². The van der Waals surface area contributed by atoms with Crippen LogP contribution in [0.1, 0.15) is 23.2 Å². The van der Waals surface area contributed by atoms with E-state index >= 15 is 0 Å². The molecule has 0 bridgehead atoms. The highest BCUT2D eigenvalue weighted by atomic mass is 16.5. The lowest BCUT2D eigenvalue weighted by Crippen LogP contribution is -2.30. The minimum Gasteiger partial charge on any atom is -0.497 e. The van der Waals surface area contributed by atoms with Crippen molar-refractivity contribution < 1.29 is 14.3 Å². The number of hydrogen-bond donors (Lipinski definition) is 4. The summed E-state index contributed by atoms with van der Waals surface area (Å²) in [6, 6.07) is 6.99. The Morgan fingerprint density at radius 3 is 2.88 bits per heavy atom. The predicted molar refractivity (Wildman–Crippen MR) is 98.6 cm³/mol. The van der Waals surface area contributed by atoms with Crippen molar-refractivity contribution in [1.82, 2.24) is 9.97 Å². The Bertz CT molecular complexity index is 768. The van der Waals surface area contributed by atoms with Crippen molar-refractivity contribution in [1.29, 1.82) is 0 Å². The Morgan fingerprint density at radius 1 is 1.42 bits per heavy atom. The third kappa shape index (κ3) is 5.15. The molecule has 26 heavy (non-hydrogen) atoms. The summed E-state index contributed by atoms with van der Waals surface area (Å²) in [5.41, 5.74) is 11.9. The number of nitrogens with one attached hydrogen (secondary N) is 2. The third-order valence-corrected chi connectivity index (χ3v) is 3.64. The zero-order valence-electron chi connectivity index (χ0n) is 14.4. The van der Waals surface area contributed by atoms with Gasteiger partial charge in [0.05, 0.1) is 7.11 Å². The van der Waals surface area contributed by atoms with Crippen LogP contribution in [0.2, 0.25) is 0 Å². The molecule has 0 spiro atoms. The summed E-state index contributed by atoms with van der Waals surface area (Å²) < 4.78 is 5.18. The first-order valence-electron chi connectivity index (χ1n) is 8.05. The highest BCUT2D eigenvalue weighted by Crippen LogP contribution is 2.23. The lowest BCUT2D eigenvalue weighted by atomic mass is 10.2. The molecule has 1 aromatic heterocycles. The molecule has 2 aromatic rings. The number of carbonyl (C=O) groups is 2. The van der Waals surface area contributed by atoms with E-state index in [-0.39, 0.29) is 23.4 Å². The molecule has 0 fully saturated rings. The van der Waals surface area contributed by atoms with Crippen molar-refractivity contribution in [3.63, 3.8) is 0 Å². The van der Waals surface area contributed by atoms with Crippen LogP contribution in [0.15, 0.2) is 30.5 Å². The minimum atomic E-state index is -0.654. The third-order valence-electron chi connectivity index (χ3n) is 3.64. The molecule has 1 amide bonds. The Balaban J connectivity index is 2.27. The molecule has 1 atom stereocenters. The monoisotopic (exact) mass is 358 g/mol. The minimum absolute atomic E-state index is 0.149. The SMILES string of the molecule is COc1cccc(Nc2nc(N[C@@H](CN)CCC=O)ncc2C(N)=O)c1. The number of hydrogen-bond acceptors (Lipinski definition) is 8. The maximum atomic E-state index is 11.7. The Kier molecular flexibility index (Phi) is 6.86. The number of rotatable bonds is 10. The molecular formula is C17H22N6O3. The largest absolute Gasteiger partial charge is 0.497 e. The second-order valence-corrected chi connectivity index (χ2v) is 5.50. The first kappa shape index (κ1) is 19.1. The second-order valence-electron chi connectivity index (χ2n) is 5.50. The molecule has 9 heteroatoms. The summed E-state index contributed by atoms with van der Waals surface area (Å²) in [7, 11) is 1.56. The van der Waals surface area contributed by atoms with Crippen molar-refractivity contribution >= 4 is 29.6 Å². The van der Waals surface area contributed by atoms with Crippen molar-refractivity contribution in [2.75, 3.05) is 24.3 Å². The molecule has 0 saturated carbocycles. The van der Waals surface area contributed by atoms with Gasteiger partial charge >= 0.3 is 0 Å². The van der Waals surface area contributed by atoms with Gasteiger partial charge in [-0.3, -0.25) is 4.79 Å². The second kappa shape index (κ2) is 9.33. The predicted octanol–water partition coefficient (Wildman–Crippen LogP) is 1.05. The summed E-state index contributed by atoms with van der Waals surface area (Å²) in [5.74, 6) is 0.537. The molecule has 1 heterocycles. The van der Waals surface area contributed by atoms with Gasteiger partial charge in [0, 0.05) is 37.0 Å². The van der Waals surface area contributed by atoms with E-state index in [9.17, 15) is 9.59 Å². The molecule has 0 unspecified atom stereocenters. The fraction of sp³-hybridized carbons (Fsp3) is 0.294. The molecule has 0 aliphatic rings. The van der Waals surface area contributed by atoms with E-state index < -0.39 is 5.91 Å². The van der Waals surface area contributed by atoms with Gasteiger partial charge in [0.25, 0.3) is 5.91 Å². The van der Waals surface area contributed by atoms with Gasteiger partial charge in [0.15, 0.2) is 0 Å². The number of aldehydes is 1. The average molecular weight is 358 g/mol. The van der Waals surface area contributed by atoms with Crippen LogP contribution >= 0.6 is 0 Å². The molecule has 6 N–H and O–H groups in total. The number of aromatic nitrogens is 2. The topological polar surface area (TPSA) is 145 Å². The van der Waals surface area contributed by atoms with E-state index in [0.717, 1.165) is 6.29 Å². The van der Waals surface area contributed by atoms with Crippen molar-refractivity contribution in [3.05, 3.63) is 36.0 Å². The Morgan fingerprint density at radius 2 is 2.23 bits per heavy atom. The highest BCUT2D eigenvalue weighted by molar-refractivity contribution is 5.98. The quantitative estimate of drug-likeness (QED) is 0.461. The van der Waals surface area contributed by atoms with Crippen LogP contribution in [0.5, 0.6) is 5.75 Å². The maximum Gasteiger partial charge on any atom is 0.254 e. The summed E-state index contributed by atoms with van der Waals surface area (Å²) in [4.78, 5) is 30.6. The molecule has 9 nitrogen and oxygen atoms in total. The van der Waals surface area contributed by atoms with E-state index in [0.29, 0.717) is 30.8 Å². The zero-order valence-corrected chi connectivity index (χ0v) is 14.4. The van der Waals surface area contributed by atoms with Gasteiger partial charge in [0.1, 0.15) is 23.4 Å². The number of amides is 1. The fourth-order valence-electron chi connectivity index (χ4n) is 2.27. The fourth-order valence-corrected chi connectivity index (χ4v) is 2.27. The van der Waals surface area contributed by atoms with Crippen molar-refractivity contribution in [2.45, 2.75) is 18.9 Å². The number of ether oxygens (including phenoxy) is 1. The number of carbonyl (C=O) groups excluding carboxylic acids is 2. The normalized spacial score (nSPS) is 11.5. The first-order valence-corrected chi connectivity index (χ1v) is 8.05. The van der Waals surface area contributed by atoms with Crippen LogP contribution in [-0.2, 0) is 4.79 Å². The lowest BCUT2D eigenvalue weighted by molar-refractivity contribution is -0.107. The van der Waals surface area contributed by atoms with Crippen LogP contribution in [0.3, 0.4) is 0 Å². The molecular weight excluding hydrogens is 336 g/mol. The van der Waals surface area contributed by atoms with Gasteiger partial charge in [0.2, 0.25) is 5.95 Å². The Hall–Kier alpha value is -3.20. The molecule has 0 saturated heterocycles. The molecule has 2 rings (SSSR count). The number of methoxy groups -OCH3 is 1. The van der Waals surface area contributed by atoms with Crippen molar-refractivity contribution in [2.24, 2.45) is 11.5 Å². The molecule has 0 aliphatic carbocycles. The van der Waals surface area contributed by atoms with Crippen LogP contribution in [0.4, 0.5) is 17.5 Å². The number of nitrogens with zero attached hydrogens (tertiary/aromatic N) is 2. The molecule has 1 aromatic carbocycles. The number of primary amides is 1. The van der Waals surface area contributed by atoms with E-state index in [2.05, 4.69) is 20.6 Å². The Labute approximate surface area is 151 Å². The van der Waals surface area contributed by atoms with Gasteiger partial charge < -0.3 is 31.6 Å². The van der Waals surface area contributed by atoms with E-state index in [1.807, 2.05) is 0 Å². The summed E-state index contributed by atoms with van der Waals surface area (Å²) in [6.45, 7) is 0.313. The average Bonchev–Trinajstić information content (AvgIpc) is 2.65. The highest BCUT2D eigenvalue weighted by Gasteiger charge is 2.15. The van der Waals surface area contributed by atoms with E-state index in [4.69, 9.17) is 16.2 Å². The lowest BCUT2D eigenvalue weighted by Gasteiger charge is -2.17. The van der Waals surface area contributed by atoms with Gasteiger partial charge in [-0.15, -0.1) is 0 Å². The van der Waals surface area contributed by atoms with Crippen molar-refractivity contribution in [3.8, 4) is 5.75 Å². The van der Waals surface area contributed by atoms with Gasteiger partial charge in [-0.1, -0.05) is 6.07 Å². The standard InChI is InChI=1S/C17H22N6O3/c1-26-13-6-2-4-11(8-13)21-16-14(15(19)25)10-20-17(23-16)22-12(9-18)5-3-7-24/h2,4,6-8,10,12H,3,5,9,18H2,1H3,(H2,19,25)(H2,20,21,22,23)/t12-/m1/s1. The smallest absolute Gasteiger partial charge is 0.254 e. The van der Waals surface area contributed by atoms with E-state index in [1.165, 1.54) is 6.20 Å². The first-order chi connectivity index (χ1) is 12.6. The number of anilines is 3. The summed E-state index contributed by atoms with van der Waals surface area (Å²) in [6.07, 6.45) is 3.10. The summed E-state index contributed by atoms with van der Waals surface area (Å²) in [5, 5.41) is 6.10. The summed E-state index contributed by atoms with van der Waals surface area (Å²) >= 11 is 0.